The van der Waals surface area contributed by atoms with Gasteiger partial charge in [-0.3, -0.25) is 0 Å². The fraction of sp³-hybridized carbons (Fsp3) is 0.474. The molecule has 5 nitrogen and oxygen atoms in total. The van der Waals surface area contributed by atoms with E-state index in [1.54, 1.807) is 0 Å². The Bertz CT molecular complexity index is 921. The lowest BCUT2D eigenvalue weighted by atomic mass is 9.82. The molecule has 1 aliphatic carbocycles. The number of fused-ring (bicyclic) bond motifs is 1. The van der Waals surface area contributed by atoms with Crippen LogP contribution in [0.1, 0.15) is 63.0 Å². The van der Waals surface area contributed by atoms with E-state index in [-0.39, 0.29) is 5.41 Å². The topological polar surface area (TPSA) is 56.5 Å². The molecular formula is C19H22ClN5. The Morgan fingerprint density at radius 3 is 2.56 bits per heavy atom. The third-order valence-corrected chi connectivity index (χ3v) is 5.20. The molecule has 2 aromatic heterocycles. The second-order valence-corrected chi connectivity index (χ2v) is 8.23. The van der Waals surface area contributed by atoms with Gasteiger partial charge in [-0.05, 0) is 24.5 Å². The quantitative estimate of drug-likeness (QED) is 0.694. The lowest BCUT2D eigenvalue weighted by Gasteiger charge is -2.26. The SMILES string of the molecule is CC(C)(C)c1nc(C2CCC2)c2nnn(Cc3ccccc3Cl)c2n1. The summed E-state index contributed by atoms with van der Waals surface area (Å²) in [5.41, 5.74) is 3.60. The molecule has 1 aromatic carbocycles. The second kappa shape index (κ2) is 6.06. The molecule has 0 aliphatic heterocycles. The zero-order chi connectivity index (χ0) is 17.6. The van der Waals surface area contributed by atoms with Gasteiger partial charge in [0.2, 0.25) is 0 Å². The van der Waals surface area contributed by atoms with Crippen molar-refractivity contribution in [1.82, 2.24) is 25.0 Å². The highest BCUT2D eigenvalue weighted by molar-refractivity contribution is 6.31. The molecule has 2 heterocycles. The van der Waals surface area contributed by atoms with Gasteiger partial charge in [-0.1, -0.05) is 62.2 Å². The first kappa shape index (κ1) is 16.5. The highest BCUT2D eigenvalue weighted by atomic mass is 35.5. The predicted octanol–water partition coefficient (Wildman–Crippen LogP) is 4.49. The largest absolute Gasteiger partial charge is 0.235 e. The van der Waals surface area contributed by atoms with Crippen LogP contribution in [-0.2, 0) is 12.0 Å². The summed E-state index contributed by atoms with van der Waals surface area (Å²) in [4.78, 5) is 9.70. The monoisotopic (exact) mass is 355 g/mol. The van der Waals surface area contributed by atoms with Crippen LogP contribution in [-0.4, -0.2) is 25.0 Å². The standard InChI is InChI=1S/C19H22ClN5/c1-19(2,3)18-21-15(12-8-6-9-12)16-17(22-18)25(24-23-16)11-13-7-4-5-10-14(13)20/h4-5,7,10,12H,6,8-9,11H2,1-3H3. The van der Waals surface area contributed by atoms with E-state index in [0.717, 1.165) is 33.3 Å². The van der Waals surface area contributed by atoms with Crippen molar-refractivity contribution >= 4 is 22.8 Å². The molecule has 0 amide bonds. The van der Waals surface area contributed by atoms with Gasteiger partial charge in [0, 0.05) is 16.4 Å². The van der Waals surface area contributed by atoms with Gasteiger partial charge < -0.3 is 0 Å². The number of aromatic nitrogens is 5. The first-order valence-electron chi connectivity index (χ1n) is 8.78. The Morgan fingerprint density at radius 1 is 1.16 bits per heavy atom. The van der Waals surface area contributed by atoms with Crippen LogP contribution >= 0.6 is 11.6 Å². The summed E-state index contributed by atoms with van der Waals surface area (Å²) in [6.07, 6.45) is 3.61. The molecular weight excluding hydrogens is 334 g/mol. The molecule has 130 valence electrons. The number of hydrogen-bond acceptors (Lipinski definition) is 4. The minimum absolute atomic E-state index is 0.119. The van der Waals surface area contributed by atoms with E-state index in [9.17, 15) is 0 Å². The number of rotatable bonds is 3. The second-order valence-electron chi connectivity index (χ2n) is 7.82. The maximum atomic E-state index is 6.32. The molecule has 1 saturated carbocycles. The molecule has 0 radical (unpaired) electrons. The van der Waals surface area contributed by atoms with Gasteiger partial charge in [0.1, 0.15) is 5.82 Å². The summed E-state index contributed by atoms with van der Waals surface area (Å²) < 4.78 is 1.84. The highest BCUT2D eigenvalue weighted by Gasteiger charge is 2.29. The molecule has 3 aromatic rings. The van der Waals surface area contributed by atoms with Crippen LogP contribution in [0.5, 0.6) is 0 Å². The fourth-order valence-corrected chi connectivity index (χ4v) is 3.27. The number of nitrogens with zero attached hydrogens (tertiary/aromatic N) is 5. The summed E-state index contributed by atoms with van der Waals surface area (Å²) in [5.74, 6) is 1.33. The number of benzene rings is 1. The van der Waals surface area contributed by atoms with Crippen molar-refractivity contribution in [3.63, 3.8) is 0 Å². The highest BCUT2D eigenvalue weighted by Crippen LogP contribution is 2.38. The molecule has 1 fully saturated rings. The van der Waals surface area contributed by atoms with E-state index in [0.29, 0.717) is 12.5 Å². The van der Waals surface area contributed by atoms with E-state index in [1.807, 2.05) is 28.9 Å². The van der Waals surface area contributed by atoms with Crippen molar-refractivity contribution in [3.8, 4) is 0 Å². The molecule has 0 atom stereocenters. The van der Waals surface area contributed by atoms with Gasteiger partial charge in [-0.2, -0.15) is 0 Å². The normalized spacial score (nSPS) is 15.5. The number of halogens is 1. The van der Waals surface area contributed by atoms with Crippen LogP contribution in [0.3, 0.4) is 0 Å². The summed E-state index contributed by atoms with van der Waals surface area (Å²) >= 11 is 6.32. The van der Waals surface area contributed by atoms with E-state index < -0.39 is 0 Å². The van der Waals surface area contributed by atoms with Crippen molar-refractivity contribution in [2.45, 2.75) is 57.9 Å². The molecule has 0 spiro atoms. The zero-order valence-corrected chi connectivity index (χ0v) is 15.6. The minimum Gasteiger partial charge on any atom is -0.235 e. The average Bonchev–Trinajstić information content (AvgIpc) is 2.90. The fourth-order valence-electron chi connectivity index (χ4n) is 3.07. The van der Waals surface area contributed by atoms with Gasteiger partial charge in [0.25, 0.3) is 0 Å². The minimum atomic E-state index is -0.119. The van der Waals surface area contributed by atoms with Crippen LogP contribution in [0.25, 0.3) is 11.2 Å². The van der Waals surface area contributed by atoms with E-state index in [1.165, 1.54) is 19.3 Å². The van der Waals surface area contributed by atoms with Gasteiger partial charge in [-0.25, -0.2) is 14.6 Å². The Kier molecular flexibility index (Phi) is 3.99. The van der Waals surface area contributed by atoms with Gasteiger partial charge in [0.15, 0.2) is 11.2 Å². The van der Waals surface area contributed by atoms with Crippen molar-refractivity contribution in [2.75, 3.05) is 0 Å². The molecule has 0 N–H and O–H groups in total. The number of hydrogen-bond donors (Lipinski definition) is 0. The lowest BCUT2D eigenvalue weighted by Crippen LogP contribution is -2.20. The summed E-state index contributed by atoms with van der Waals surface area (Å²) in [6.45, 7) is 6.98. The summed E-state index contributed by atoms with van der Waals surface area (Å²) in [5, 5.41) is 9.51. The van der Waals surface area contributed by atoms with E-state index in [4.69, 9.17) is 21.6 Å². The molecule has 4 rings (SSSR count). The van der Waals surface area contributed by atoms with Gasteiger partial charge >= 0.3 is 0 Å². The molecule has 0 bridgehead atoms. The Balaban J connectivity index is 1.84. The van der Waals surface area contributed by atoms with E-state index >= 15 is 0 Å². The van der Waals surface area contributed by atoms with Crippen LogP contribution in [0, 0.1) is 0 Å². The van der Waals surface area contributed by atoms with Gasteiger partial charge in [-0.15, -0.1) is 5.10 Å². The predicted molar refractivity (Wildman–Crippen MR) is 99.0 cm³/mol. The Morgan fingerprint density at radius 2 is 1.92 bits per heavy atom. The van der Waals surface area contributed by atoms with Crippen LogP contribution in [0.15, 0.2) is 24.3 Å². The van der Waals surface area contributed by atoms with Crippen molar-refractivity contribution in [3.05, 3.63) is 46.4 Å². The Hall–Kier alpha value is -2.01. The smallest absolute Gasteiger partial charge is 0.182 e. The first-order valence-corrected chi connectivity index (χ1v) is 9.16. The molecule has 0 saturated heterocycles. The Labute approximate surface area is 152 Å². The molecule has 1 aliphatic rings. The first-order chi connectivity index (χ1) is 11.9. The third-order valence-electron chi connectivity index (χ3n) is 4.83. The maximum Gasteiger partial charge on any atom is 0.182 e. The van der Waals surface area contributed by atoms with Gasteiger partial charge in [0.05, 0.1) is 12.2 Å². The van der Waals surface area contributed by atoms with Crippen LogP contribution in [0.4, 0.5) is 0 Å². The maximum absolute atomic E-state index is 6.32. The molecule has 6 heteroatoms. The summed E-state index contributed by atoms with van der Waals surface area (Å²) in [6, 6.07) is 7.81. The van der Waals surface area contributed by atoms with E-state index in [2.05, 4.69) is 31.1 Å². The summed E-state index contributed by atoms with van der Waals surface area (Å²) in [7, 11) is 0. The van der Waals surface area contributed by atoms with Crippen molar-refractivity contribution in [2.24, 2.45) is 0 Å². The van der Waals surface area contributed by atoms with Crippen LogP contribution < -0.4 is 0 Å². The van der Waals surface area contributed by atoms with Crippen molar-refractivity contribution in [1.29, 1.82) is 0 Å². The average molecular weight is 356 g/mol. The zero-order valence-electron chi connectivity index (χ0n) is 14.8. The third kappa shape index (κ3) is 3.01. The molecule has 25 heavy (non-hydrogen) atoms. The molecule has 0 unspecified atom stereocenters. The van der Waals surface area contributed by atoms with Crippen LogP contribution in [0.2, 0.25) is 5.02 Å². The lowest BCUT2D eigenvalue weighted by molar-refractivity contribution is 0.408. The van der Waals surface area contributed by atoms with Crippen molar-refractivity contribution < 1.29 is 0 Å².